The van der Waals surface area contributed by atoms with Crippen LogP contribution in [0, 0.1) is 0 Å². The Bertz CT molecular complexity index is 986. The van der Waals surface area contributed by atoms with E-state index < -0.39 is 10.0 Å². The molecule has 3 amide bonds. The smallest absolute Gasteiger partial charge is 0.323 e. The monoisotopic (exact) mass is 409 g/mol. The van der Waals surface area contributed by atoms with Crippen LogP contribution < -0.4 is 20.7 Å². The summed E-state index contributed by atoms with van der Waals surface area (Å²) >= 11 is 1.29. The quantitative estimate of drug-likeness (QED) is 0.656. The highest BCUT2D eigenvalue weighted by Gasteiger charge is 2.24. The molecule has 0 unspecified atom stereocenters. The molecular formula is C16H19N5O4S2. The highest BCUT2D eigenvalue weighted by molar-refractivity contribution is 7.89. The molecule has 0 aliphatic carbocycles. The Kier molecular flexibility index (Phi) is 5.44. The van der Waals surface area contributed by atoms with Crippen molar-refractivity contribution in [3.63, 3.8) is 0 Å². The minimum atomic E-state index is -3.88. The van der Waals surface area contributed by atoms with Crippen molar-refractivity contribution in [1.82, 2.24) is 10.3 Å². The third-order valence-electron chi connectivity index (χ3n) is 4.01. The lowest BCUT2D eigenvalue weighted by Crippen LogP contribution is -2.27. The summed E-state index contributed by atoms with van der Waals surface area (Å²) in [4.78, 5) is 29.8. The second kappa shape index (κ2) is 7.62. The Labute approximate surface area is 160 Å². The van der Waals surface area contributed by atoms with Gasteiger partial charge in [0, 0.05) is 24.2 Å². The van der Waals surface area contributed by atoms with Crippen LogP contribution in [0.15, 0.2) is 28.5 Å². The number of amides is 3. The van der Waals surface area contributed by atoms with Gasteiger partial charge in [0.15, 0.2) is 5.13 Å². The fourth-order valence-electron chi connectivity index (χ4n) is 2.71. The Morgan fingerprint density at radius 3 is 2.85 bits per heavy atom. The lowest BCUT2D eigenvalue weighted by Gasteiger charge is -2.10. The van der Waals surface area contributed by atoms with Crippen molar-refractivity contribution in [2.45, 2.75) is 24.7 Å². The molecule has 2 aromatic rings. The van der Waals surface area contributed by atoms with Crippen LogP contribution >= 0.6 is 11.3 Å². The van der Waals surface area contributed by atoms with Gasteiger partial charge in [0.05, 0.1) is 17.0 Å². The number of aromatic nitrogens is 1. The number of sulfonamides is 1. The SMILES string of the molecule is CCc1ccc(NC(=O)Cc2csc(N3CCNC3=O)n2)cc1S(N)(=O)=O. The number of primary sulfonamides is 1. The van der Waals surface area contributed by atoms with Crippen molar-refractivity contribution in [2.24, 2.45) is 5.14 Å². The average molecular weight is 409 g/mol. The number of nitrogens with one attached hydrogen (secondary N) is 2. The molecule has 3 rings (SSSR count). The summed E-state index contributed by atoms with van der Waals surface area (Å²) in [6.07, 6.45) is 0.512. The van der Waals surface area contributed by atoms with Crippen molar-refractivity contribution in [1.29, 1.82) is 0 Å². The van der Waals surface area contributed by atoms with Crippen LogP contribution in [0.25, 0.3) is 0 Å². The van der Waals surface area contributed by atoms with Crippen molar-refractivity contribution < 1.29 is 18.0 Å². The molecule has 1 saturated heterocycles. The maximum atomic E-state index is 12.3. The van der Waals surface area contributed by atoms with Gasteiger partial charge in [-0.05, 0) is 24.1 Å². The highest BCUT2D eigenvalue weighted by atomic mass is 32.2. The van der Waals surface area contributed by atoms with Gasteiger partial charge in [0.25, 0.3) is 0 Å². The molecule has 1 fully saturated rings. The number of carbonyl (C=O) groups excluding carboxylic acids is 2. The molecule has 1 aromatic heterocycles. The van der Waals surface area contributed by atoms with E-state index in [0.29, 0.717) is 41.6 Å². The highest BCUT2D eigenvalue weighted by Crippen LogP contribution is 2.23. The van der Waals surface area contributed by atoms with Crippen LogP contribution in [-0.2, 0) is 27.7 Å². The Morgan fingerprint density at radius 1 is 1.44 bits per heavy atom. The van der Waals surface area contributed by atoms with Crippen molar-refractivity contribution in [3.05, 3.63) is 34.8 Å². The molecule has 9 nitrogen and oxygen atoms in total. The first-order chi connectivity index (χ1) is 12.8. The number of anilines is 2. The number of rotatable bonds is 6. The number of hydrogen-bond donors (Lipinski definition) is 3. The predicted octanol–water partition coefficient (Wildman–Crippen LogP) is 1.06. The standard InChI is InChI=1S/C16H19N5O4S2/c1-2-10-3-4-11(7-13(10)27(17,24)25)19-14(22)8-12-9-26-16(20-12)21-6-5-18-15(21)23/h3-4,7,9H,2,5-6,8H2,1H3,(H,18,23)(H,19,22)(H2,17,24,25). The summed E-state index contributed by atoms with van der Waals surface area (Å²) in [6, 6.07) is 4.41. The van der Waals surface area contributed by atoms with Crippen molar-refractivity contribution in [3.8, 4) is 0 Å². The normalized spacial score (nSPS) is 14.3. The van der Waals surface area contributed by atoms with Gasteiger partial charge in [-0.2, -0.15) is 0 Å². The number of hydrogen-bond acceptors (Lipinski definition) is 6. The van der Waals surface area contributed by atoms with Crippen LogP contribution in [0.5, 0.6) is 0 Å². The summed E-state index contributed by atoms with van der Waals surface area (Å²) in [7, 11) is -3.88. The van der Waals surface area contributed by atoms with Gasteiger partial charge in [0.2, 0.25) is 15.9 Å². The number of carbonyl (C=O) groups is 2. The van der Waals surface area contributed by atoms with E-state index in [9.17, 15) is 18.0 Å². The van der Waals surface area contributed by atoms with Crippen molar-refractivity contribution in [2.75, 3.05) is 23.3 Å². The number of thiazole rings is 1. The molecule has 144 valence electrons. The van der Waals surface area contributed by atoms with E-state index in [-0.39, 0.29) is 23.3 Å². The molecule has 1 aromatic carbocycles. The predicted molar refractivity (Wildman–Crippen MR) is 102 cm³/mol. The van der Waals surface area contributed by atoms with Crippen LogP contribution in [-0.4, -0.2) is 38.4 Å². The van der Waals surface area contributed by atoms with E-state index in [2.05, 4.69) is 15.6 Å². The molecule has 4 N–H and O–H groups in total. The summed E-state index contributed by atoms with van der Waals surface area (Å²) in [5.41, 5.74) is 1.46. The topological polar surface area (TPSA) is 134 Å². The lowest BCUT2D eigenvalue weighted by atomic mass is 10.1. The van der Waals surface area contributed by atoms with Gasteiger partial charge in [-0.15, -0.1) is 11.3 Å². The maximum Gasteiger partial charge on any atom is 0.323 e. The summed E-state index contributed by atoms with van der Waals surface area (Å²) in [5.74, 6) is -0.345. The van der Waals surface area contributed by atoms with E-state index in [1.165, 1.54) is 22.3 Å². The number of nitrogens with zero attached hydrogens (tertiary/aromatic N) is 2. The van der Waals surface area contributed by atoms with Gasteiger partial charge in [-0.1, -0.05) is 13.0 Å². The molecule has 0 spiro atoms. The van der Waals surface area contributed by atoms with E-state index >= 15 is 0 Å². The van der Waals surface area contributed by atoms with Gasteiger partial charge < -0.3 is 10.6 Å². The zero-order valence-electron chi connectivity index (χ0n) is 14.6. The zero-order valence-corrected chi connectivity index (χ0v) is 16.2. The van der Waals surface area contributed by atoms with Gasteiger partial charge in [-0.3, -0.25) is 9.69 Å². The fraction of sp³-hybridized carbons (Fsp3) is 0.312. The van der Waals surface area contributed by atoms with Gasteiger partial charge >= 0.3 is 6.03 Å². The summed E-state index contributed by atoms with van der Waals surface area (Å²) in [6.45, 7) is 2.93. The lowest BCUT2D eigenvalue weighted by molar-refractivity contribution is -0.115. The first-order valence-corrected chi connectivity index (χ1v) is 10.7. The fourth-order valence-corrected chi connectivity index (χ4v) is 4.43. The summed E-state index contributed by atoms with van der Waals surface area (Å²) in [5, 5.41) is 12.8. The summed E-state index contributed by atoms with van der Waals surface area (Å²) < 4.78 is 23.4. The Morgan fingerprint density at radius 2 is 2.22 bits per heavy atom. The molecular weight excluding hydrogens is 390 g/mol. The molecule has 2 heterocycles. The van der Waals surface area contributed by atoms with E-state index in [1.54, 1.807) is 17.5 Å². The molecule has 0 bridgehead atoms. The number of urea groups is 1. The first-order valence-electron chi connectivity index (χ1n) is 8.23. The molecule has 0 saturated carbocycles. The molecule has 1 aliphatic rings. The largest absolute Gasteiger partial charge is 0.336 e. The minimum Gasteiger partial charge on any atom is -0.336 e. The maximum absolute atomic E-state index is 12.3. The number of aryl methyl sites for hydroxylation is 1. The van der Waals surface area contributed by atoms with E-state index in [4.69, 9.17) is 5.14 Å². The van der Waals surface area contributed by atoms with Crippen LogP contribution in [0.2, 0.25) is 0 Å². The van der Waals surface area contributed by atoms with Crippen LogP contribution in [0.4, 0.5) is 15.6 Å². The Hall–Kier alpha value is -2.50. The molecule has 11 heteroatoms. The van der Waals surface area contributed by atoms with Crippen LogP contribution in [0.1, 0.15) is 18.2 Å². The number of benzene rings is 1. The van der Waals surface area contributed by atoms with Gasteiger partial charge in [0.1, 0.15) is 0 Å². The molecule has 0 atom stereocenters. The minimum absolute atomic E-state index is 0.00112. The second-order valence-electron chi connectivity index (χ2n) is 5.95. The molecule has 1 aliphatic heterocycles. The number of nitrogens with two attached hydrogens (primary N) is 1. The Balaban J connectivity index is 1.69. The van der Waals surface area contributed by atoms with E-state index in [1.807, 2.05) is 6.92 Å². The third-order valence-corrected chi connectivity index (χ3v) is 5.91. The first kappa shape index (κ1) is 19.3. The molecule has 0 radical (unpaired) electrons. The molecule has 27 heavy (non-hydrogen) atoms. The average Bonchev–Trinajstić information content (AvgIpc) is 3.22. The zero-order chi connectivity index (χ0) is 19.6. The van der Waals surface area contributed by atoms with E-state index in [0.717, 1.165) is 0 Å². The van der Waals surface area contributed by atoms with Crippen LogP contribution in [0.3, 0.4) is 0 Å². The third kappa shape index (κ3) is 4.43. The second-order valence-corrected chi connectivity index (χ2v) is 8.32. The van der Waals surface area contributed by atoms with Gasteiger partial charge in [-0.25, -0.2) is 23.3 Å². The van der Waals surface area contributed by atoms with Crippen molar-refractivity contribution >= 4 is 44.1 Å².